The Morgan fingerprint density at radius 1 is 1.08 bits per heavy atom. The standard InChI is InChI=1S/C11H16O2/c1-10-4-6-11(7-5-10)13-9-3-8-12-2/h4-7H,3,8-9H2,1-2H3. The minimum Gasteiger partial charge on any atom is -0.494 e. The summed E-state index contributed by atoms with van der Waals surface area (Å²) in [6, 6.07) is 8.07. The van der Waals surface area contributed by atoms with Crippen LogP contribution in [0.3, 0.4) is 0 Å². The Kier molecular flexibility index (Phi) is 4.33. The molecule has 0 spiro atoms. The lowest BCUT2D eigenvalue weighted by Crippen LogP contribution is -2.00. The van der Waals surface area contributed by atoms with E-state index in [1.165, 1.54) is 5.56 Å². The molecule has 0 amide bonds. The number of benzene rings is 1. The van der Waals surface area contributed by atoms with Crippen molar-refractivity contribution in [3.8, 4) is 5.75 Å². The molecule has 0 atom stereocenters. The third-order valence-electron chi connectivity index (χ3n) is 1.78. The third-order valence-corrected chi connectivity index (χ3v) is 1.78. The van der Waals surface area contributed by atoms with Crippen LogP contribution in [0.5, 0.6) is 5.75 Å². The van der Waals surface area contributed by atoms with Crippen molar-refractivity contribution >= 4 is 0 Å². The first kappa shape index (κ1) is 10.1. The van der Waals surface area contributed by atoms with Crippen LogP contribution in [-0.4, -0.2) is 20.3 Å². The second-order valence-corrected chi connectivity index (χ2v) is 3.01. The van der Waals surface area contributed by atoms with E-state index in [1.807, 2.05) is 24.3 Å². The molecule has 0 saturated carbocycles. The van der Waals surface area contributed by atoms with E-state index < -0.39 is 0 Å². The average Bonchev–Trinajstić information content (AvgIpc) is 2.15. The first-order valence-corrected chi connectivity index (χ1v) is 4.51. The van der Waals surface area contributed by atoms with E-state index >= 15 is 0 Å². The van der Waals surface area contributed by atoms with E-state index in [1.54, 1.807) is 7.11 Å². The molecule has 0 aliphatic carbocycles. The predicted molar refractivity (Wildman–Crippen MR) is 53.2 cm³/mol. The van der Waals surface area contributed by atoms with Gasteiger partial charge >= 0.3 is 0 Å². The van der Waals surface area contributed by atoms with Crippen LogP contribution < -0.4 is 4.74 Å². The minimum absolute atomic E-state index is 0.719. The molecule has 0 saturated heterocycles. The van der Waals surface area contributed by atoms with Crippen molar-refractivity contribution in [1.82, 2.24) is 0 Å². The van der Waals surface area contributed by atoms with Crippen LogP contribution in [0.25, 0.3) is 0 Å². The number of hydrogen-bond acceptors (Lipinski definition) is 2. The minimum atomic E-state index is 0.719. The van der Waals surface area contributed by atoms with Gasteiger partial charge in [-0.3, -0.25) is 0 Å². The lowest BCUT2D eigenvalue weighted by molar-refractivity contribution is 0.172. The summed E-state index contributed by atoms with van der Waals surface area (Å²) < 4.78 is 10.4. The molecule has 1 aromatic rings. The summed E-state index contributed by atoms with van der Waals surface area (Å²) in [6.45, 7) is 3.54. The SMILES string of the molecule is COCCCOc1ccc(C)cc1. The van der Waals surface area contributed by atoms with Crippen LogP contribution >= 0.6 is 0 Å². The zero-order valence-corrected chi connectivity index (χ0v) is 8.25. The summed E-state index contributed by atoms with van der Waals surface area (Å²) >= 11 is 0. The van der Waals surface area contributed by atoms with Crippen molar-refractivity contribution in [1.29, 1.82) is 0 Å². The van der Waals surface area contributed by atoms with Gasteiger partial charge in [-0.1, -0.05) is 17.7 Å². The lowest BCUT2D eigenvalue weighted by Gasteiger charge is -2.05. The average molecular weight is 180 g/mol. The maximum Gasteiger partial charge on any atom is 0.119 e. The smallest absolute Gasteiger partial charge is 0.119 e. The molecule has 0 bridgehead atoms. The van der Waals surface area contributed by atoms with E-state index in [0.29, 0.717) is 0 Å². The van der Waals surface area contributed by atoms with Gasteiger partial charge in [-0.25, -0.2) is 0 Å². The van der Waals surface area contributed by atoms with Gasteiger partial charge in [-0.2, -0.15) is 0 Å². The summed E-state index contributed by atoms with van der Waals surface area (Å²) in [7, 11) is 1.70. The predicted octanol–water partition coefficient (Wildman–Crippen LogP) is 2.41. The molecule has 13 heavy (non-hydrogen) atoms. The first-order valence-electron chi connectivity index (χ1n) is 4.51. The van der Waals surface area contributed by atoms with Gasteiger partial charge in [0.05, 0.1) is 6.61 Å². The number of hydrogen-bond donors (Lipinski definition) is 0. The fourth-order valence-corrected chi connectivity index (χ4v) is 1.03. The molecule has 0 aliphatic rings. The van der Waals surface area contributed by atoms with Crippen molar-refractivity contribution < 1.29 is 9.47 Å². The zero-order valence-electron chi connectivity index (χ0n) is 8.25. The number of ether oxygens (including phenoxy) is 2. The second kappa shape index (κ2) is 5.60. The van der Waals surface area contributed by atoms with Gasteiger partial charge in [-0.05, 0) is 19.1 Å². The van der Waals surface area contributed by atoms with E-state index in [9.17, 15) is 0 Å². The van der Waals surface area contributed by atoms with Crippen LogP contribution in [0.15, 0.2) is 24.3 Å². The van der Waals surface area contributed by atoms with Gasteiger partial charge in [0.15, 0.2) is 0 Å². The molecule has 2 nitrogen and oxygen atoms in total. The molecule has 0 N–H and O–H groups in total. The van der Waals surface area contributed by atoms with Crippen LogP contribution in [-0.2, 0) is 4.74 Å². The molecule has 72 valence electrons. The molecule has 0 unspecified atom stereocenters. The highest BCUT2D eigenvalue weighted by Gasteiger charge is 1.92. The molecule has 0 aromatic heterocycles. The number of rotatable bonds is 5. The molecule has 0 fully saturated rings. The topological polar surface area (TPSA) is 18.5 Å². The van der Waals surface area contributed by atoms with Gasteiger partial charge in [0, 0.05) is 20.1 Å². The Morgan fingerprint density at radius 3 is 2.38 bits per heavy atom. The van der Waals surface area contributed by atoms with E-state index in [0.717, 1.165) is 25.4 Å². The van der Waals surface area contributed by atoms with Crippen molar-refractivity contribution in [2.24, 2.45) is 0 Å². The maximum absolute atomic E-state index is 5.48. The highest BCUT2D eigenvalue weighted by atomic mass is 16.5. The zero-order chi connectivity index (χ0) is 9.52. The van der Waals surface area contributed by atoms with Crippen LogP contribution in [0.2, 0.25) is 0 Å². The van der Waals surface area contributed by atoms with Crippen LogP contribution in [0.4, 0.5) is 0 Å². The van der Waals surface area contributed by atoms with Crippen molar-refractivity contribution in [2.45, 2.75) is 13.3 Å². The second-order valence-electron chi connectivity index (χ2n) is 3.01. The molecular formula is C11H16O2. The van der Waals surface area contributed by atoms with Gasteiger partial charge in [0.2, 0.25) is 0 Å². The van der Waals surface area contributed by atoms with Gasteiger partial charge < -0.3 is 9.47 Å². The quantitative estimate of drug-likeness (QED) is 0.648. The van der Waals surface area contributed by atoms with Gasteiger partial charge in [0.25, 0.3) is 0 Å². The summed E-state index contributed by atoms with van der Waals surface area (Å²) in [5.74, 6) is 0.932. The van der Waals surface area contributed by atoms with Crippen molar-refractivity contribution in [2.75, 3.05) is 20.3 Å². The van der Waals surface area contributed by atoms with Crippen molar-refractivity contribution in [3.05, 3.63) is 29.8 Å². The summed E-state index contributed by atoms with van der Waals surface area (Å²) in [4.78, 5) is 0. The van der Waals surface area contributed by atoms with Crippen LogP contribution in [0.1, 0.15) is 12.0 Å². The normalized spacial score (nSPS) is 10.0. The molecule has 1 rings (SSSR count). The van der Waals surface area contributed by atoms with Crippen molar-refractivity contribution in [3.63, 3.8) is 0 Å². The van der Waals surface area contributed by atoms with Gasteiger partial charge in [-0.15, -0.1) is 0 Å². The molecular weight excluding hydrogens is 164 g/mol. The monoisotopic (exact) mass is 180 g/mol. The summed E-state index contributed by atoms with van der Waals surface area (Å²) in [5, 5.41) is 0. The molecule has 0 aliphatic heterocycles. The Labute approximate surface area is 79.5 Å². The van der Waals surface area contributed by atoms with Crippen LogP contribution in [0, 0.1) is 6.92 Å². The maximum atomic E-state index is 5.48. The molecule has 1 aromatic carbocycles. The molecule has 0 radical (unpaired) electrons. The molecule has 2 heteroatoms. The Morgan fingerprint density at radius 2 is 1.77 bits per heavy atom. The fourth-order valence-electron chi connectivity index (χ4n) is 1.03. The lowest BCUT2D eigenvalue weighted by atomic mass is 10.2. The largest absolute Gasteiger partial charge is 0.494 e. The Balaban J connectivity index is 2.25. The number of aryl methyl sites for hydroxylation is 1. The third kappa shape index (κ3) is 3.95. The number of methoxy groups -OCH3 is 1. The highest BCUT2D eigenvalue weighted by molar-refractivity contribution is 5.26. The molecule has 0 heterocycles. The summed E-state index contributed by atoms with van der Waals surface area (Å²) in [5.41, 5.74) is 1.25. The highest BCUT2D eigenvalue weighted by Crippen LogP contribution is 2.11. The van der Waals surface area contributed by atoms with E-state index in [-0.39, 0.29) is 0 Å². The first-order chi connectivity index (χ1) is 6.33. The van der Waals surface area contributed by atoms with E-state index in [4.69, 9.17) is 9.47 Å². The van der Waals surface area contributed by atoms with Gasteiger partial charge in [0.1, 0.15) is 5.75 Å². The Bertz CT molecular complexity index is 228. The Hall–Kier alpha value is -1.02. The fraction of sp³-hybridized carbons (Fsp3) is 0.455. The van der Waals surface area contributed by atoms with E-state index in [2.05, 4.69) is 6.92 Å². The summed E-state index contributed by atoms with van der Waals surface area (Å²) in [6.07, 6.45) is 0.935.